The second-order valence-electron chi connectivity index (χ2n) is 4.78. The van der Waals surface area contributed by atoms with E-state index < -0.39 is 0 Å². The summed E-state index contributed by atoms with van der Waals surface area (Å²) < 4.78 is 0. The largest absolute Gasteiger partial charge is 0.313 e. The Kier molecular flexibility index (Phi) is 5.14. The Morgan fingerprint density at radius 2 is 2.13 bits per heavy atom. The minimum Gasteiger partial charge on any atom is -0.313 e. The van der Waals surface area contributed by atoms with Crippen LogP contribution in [-0.2, 0) is 0 Å². The van der Waals surface area contributed by atoms with Crippen LogP contribution < -0.4 is 5.32 Å². The lowest BCUT2D eigenvalue weighted by Crippen LogP contribution is -2.48. The lowest BCUT2D eigenvalue weighted by Gasteiger charge is -2.35. The van der Waals surface area contributed by atoms with Crippen LogP contribution in [0.15, 0.2) is 0 Å². The molecule has 0 aromatic carbocycles. The van der Waals surface area contributed by atoms with Crippen LogP contribution in [0.25, 0.3) is 0 Å². The number of hydrogen-bond acceptors (Lipinski definition) is 2. The van der Waals surface area contributed by atoms with Gasteiger partial charge in [0.05, 0.1) is 6.04 Å². The molecular formula is C13H24N2. The van der Waals surface area contributed by atoms with Crippen molar-refractivity contribution >= 4 is 0 Å². The molecule has 0 radical (unpaired) electrons. The predicted molar refractivity (Wildman–Crippen MR) is 65.8 cm³/mol. The van der Waals surface area contributed by atoms with Gasteiger partial charge in [0.15, 0.2) is 0 Å². The number of piperidine rings is 1. The summed E-state index contributed by atoms with van der Waals surface area (Å²) in [6.07, 6.45) is 9.47. The van der Waals surface area contributed by atoms with Gasteiger partial charge in [-0.1, -0.05) is 12.3 Å². The Hall–Kier alpha value is -0.520. The number of hydrogen-bond donors (Lipinski definition) is 1. The molecule has 0 spiro atoms. The lowest BCUT2D eigenvalue weighted by molar-refractivity contribution is 0.165. The van der Waals surface area contributed by atoms with Gasteiger partial charge in [-0.25, -0.2) is 0 Å². The Labute approximate surface area is 94.4 Å². The molecule has 2 unspecified atom stereocenters. The fourth-order valence-electron chi connectivity index (χ4n) is 2.25. The lowest BCUT2D eigenvalue weighted by atomic mass is 10.0. The van der Waals surface area contributed by atoms with Crippen LogP contribution in [0.5, 0.6) is 0 Å². The maximum absolute atomic E-state index is 5.50. The standard InChI is InChI=1S/C13H24N2/c1-5-12(4)15(11(2)3)10-13-8-6-7-9-14-13/h1,11-14H,6-10H2,2-4H3. The van der Waals surface area contributed by atoms with E-state index in [1.165, 1.54) is 25.8 Å². The SMILES string of the molecule is C#CC(C)N(CC1CCCCN1)C(C)C. The number of rotatable bonds is 4. The van der Waals surface area contributed by atoms with E-state index in [0.717, 1.165) is 6.54 Å². The fraction of sp³-hybridized carbons (Fsp3) is 0.846. The van der Waals surface area contributed by atoms with E-state index in [2.05, 4.69) is 36.9 Å². The highest BCUT2D eigenvalue weighted by Crippen LogP contribution is 2.12. The molecule has 15 heavy (non-hydrogen) atoms. The highest BCUT2D eigenvalue weighted by molar-refractivity contribution is 4.99. The third-order valence-corrected chi connectivity index (χ3v) is 3.25. The van der Waals surface area contributed by atoms with Crippen LogP contribution in [0.4, 0.5) is 0 Å². The van der Waals surface area contributed by atoms with Crippen molar-refractivity contribution in [3.8, 4) is 12.3 Å². The molecule has 1 aliphatic rings. The first-order valence-corrected chi connectivity index (χ1v) is 6.10. The van der Waals surface area contributed by atoms with Gasteiger partial charge in [0.25, 0.3) is 0 Å². The quantitative estimate of drug-likeness (QED) is 0.709. The Bertz CT molecular complexity index is 211. The van der Waals surface area contributed by atoms with E-state index in [4.69, 9.17) is 6.42 Å². The van der Waals surface area contributed by atoms with Crippen LogP contribution in [0, 0.1) is 12.3 Å². The fourth-order valence-corrected chi connectivity index (χ4v) is 2.25. The summed E-state index contributed by atoms with van der Waals surface area (Å²) in [5.74, 6) is 2.83. The molecule has 1 aliphatic heterocycles. The molecule has 0 saturated carbocycles. The molecule has 1 fully saturated rings. The normalized spacial score (nSPS) is 24.1. The maximum Gasteiger partial charge on any atom is 0.0686 e. The first-order chi connectivity index (χ1) is 7.15. The van der Waals surface area contributed by atoms with Gasteiger partial charge < -0.3 is 5.32 Å². The minimum atomic E-state index is 0.244. The summed E-state index contributed by atoms with van der Waals surface area (Å²) in [6.45, 7) is 8.81. The number of terminal acetylenes is 1. The summed E-state index contributed by atoms with van der Waals surface area (Å²) in [6, 6.07) is 1.41. The summed E-state index contributed by atoms with van der Waals surface area (Å²) in [7, 11) is 0. The summed E-state index contributed by atoms with van der Waals surface area (Å²) in [4.78, 5) is 2.41. The molecule has 0 aromatic heterocycles. The first kappa shape index (κ1) is 12.5. The molecule has 2 nitrogen and oxygen atoms in total. The molecule has 0 aromatic rings. The van der Waals surface area contributed by atoms with Gasteiger partial charge in [-0.05, 0) is 40.2 Å². The van der Waals surface area contributed by atoms with E-state index in [-0.39, 0.29) is 6.04 Å². The Morgan fingerprint density at radius 1 is 1.40 bits per heavy atom. The van der Waals surface area contributed by atoms with Gasteiger partial charge in [0.2, 0.25) is 0 Å². The van der Waals surface area contributed by atoms with Crippen molar-refractivity contribution < 1.29 is 0 Å². The van der Waals surface area contributed by atoms with Crippen LogP contribution in [0.2, 0.25) is 0 Å². The average molecular weight is 208 g/mol. The molecule has 0 amide bonds. The summed E-state index contributed by atoms with van der Waals surface area (Å²) in [5, 5.41) is 3.57. The minimum absolute atomic E-state index is 0.244. The number of nitrogens with one attached hydrogen (secondary N) is 1. The van der Waals surface area contributed by atoms with Crippen LogP contribution >= 0.6 is 0 Å². The molecule has 2 heteroatoms. The molecule has 1 N–H and O–H groups in total. The monoisotopic (exact) mass is 208 g/mol. The van der Waals surface area contributed by atoms with E-state index in [9.17, 15) is 0 Å². The molecule has 1 heterocycles. The van der Waals surface area contributed by atoms with Crippen molar-refractivity contribution in [3.63, 3.8) is 0 Å². The van der Waals surface area contributed by atoms with Crippen molar-refractivity contribution in [3.05, 3.63) is 0 Å². The van der Waals surface area contributed by atoms with Gasteiger partial charge in [0.1, 0.15) is 0 Å². The Morgan fingerprint density at radius 3 is 2.60 bits per heavy atom. The topological polar surface area (TPSA) is 15.3 Å². The van der Waals surface area contributed by atoms with E-state index >= 15 is 0 Å². The molecule has 1 saturated heterocycles. The second kappa shape index (κ2) is 6.15. The molecule has 1 rings (SSSR count). The van der Waals surface area contributed by atoms with Crippen LogP contribution in [-0.4, -0.2) is 36.1 Å². The second-order valence-corrected chi connectivity index (χ2v) is 4.78. The average Bonchev–Trinajstić information content (AvgIpc) is 2.26. The molecule has 0 bridgehead atoms. The first-order valence-electron chi connectivity index (χ1n) is 6.10. The summed E-state index contributed by atoms with van der Waals surface area (Å²) in [5.41, 5.74) is 0. The van der Waals surface area contributed by atoms with Crippen molar-refractivity contribution in [1.29, 1.82) is 0 Å². The van der Waals surface area contributed by atoms with Gasteiger partial charge in [-0.2, -0.15) is 0 Å². The van der Waals surface area contributed by atoms with Crippen molar-refractivity contribution in [1.82, 2.24) is 10.2 Å². The van der Waals surface area contributed by atoms with E-state index in [1.807, 2.05) is 0 Å². The van der Waals surface area contributed by atoms with Crippen molar-refractivity contribution in [2.45, 2.75) is 58.2 Å². The van der Waals surface area contributed by atoms with E-state index in [0.29, 0.717) is 12.1 Å². The van der Waals surface area contributed by atoms with Crippen molar-refractivity contribution in [2.24, 2.45) is 0 Å². The molecule has 86 valence electrons. The zero-order valence-electron chi connectivity index (χ0n) is 10.3. The van der Waals surface area contributed by atoms with Gasteiger partial charge in [0, 0.05) is 18.6 Å². The molecule has 2 atom stereocenters. The third-order valence-electron chi connectivity index (χ3n) is 3.25. The molecule has 0 aliphatic carbocycles. The molecular weight excluding hydrogens is 184 g/mol. The summed E-state index contributed by atoms with van der Waals surface area (Å²) >= 11 is 0. The van der Waals surface area contributed by atoms with Crippen LogP contribution in [0.1, 0.15) is 40.0 Å². The third kappa shape index (κ3) is 3.85. The van der Waals surface area contributed by atoms with Crippen molar-refractivity contribution in [2.75, 3.05) is 13.1 Å². The van der Waals surface area contributed by atoms with Gasteiger partial charge in [-0.3, -0.25) is 4.90 Å². The van der Waals surface area contributed by atoms with Crippen LogP contribution in [0.3, 0.4) is 0 Å². The highest BCUT2D eigenvalue weighted by atomic mass is 15.2. The smallest absolute Gasteiger partial charge is 0.0686 e. The number of nitrogens with zero attached hydrogens (tertiary/aromatic N) is 1. The zero-order valence-corrected chi connectivity index (χ0v) is 10.3. The maximum atomic E-state index is 5.50. The van der Waals surface area contributed by atoms with E-state index in [1.54, 1.807) is 0 Å². The van der Waals surface area contributed by atoms with Gasteiger partial charge in [-0.15, -0.1) is 6.42 Å². The zero-order chi connectivity index (χ0) is 11.3. The Balaban J connectivity index is 2.46. The predicted octanol–water partition coefficient (Wildman–Crippen LogP) is 1.86. The van der Waals surface area contributed by atoms with Gasteiger partial charge >= 0.3 is 0 Å². The highest BCUT2D eigenvalue weighted by Gasteiger charge is 2.21.